The quantitative estimate of drug-likeness (QED) is 0.258. The van der Waals surface area contributed by atoms with Crippen LogP contribution in [0, 0.1) is 5.92 Å². The Morgan fingerprint density at radius 3 is 2.51 bits per heavy atom. The summed E-state index contributed by atoms with van der Waals surface area (Å²) < 4.78 is 39.0. The first kappa shape index (κ1) is 36.5. The van der Waals surface area contributed by atoms with E-state index >= 15 is 0 Å². The number of nitrogens with two attached hydrogens (primary N) is 1. The number of carbonyl (C=O) groups is 5. The Balaban J connectivity index is 1.25. The monoisotopic (exact) mass is 728 g/mol. The predicted octanol–water partition coefficient (Wildman–Crippen LogP) is 2.59. The van der Waals surface area contributed by atoms with Crippen LogP contribution < -0.4 is 21.1 Å². The number of hydrogen-bond acceptors (Lipinski definition) is 10. The third kappa shape index (κ3) is 8.42. The van der Waals surface area contributed by atoms with Crippen molar-refractivity contribution in [3.8, 4) is 0 Å². The molecule has 2 aliphatic carbocycles. The van der Waals surface area contributed by atoms with Crippen molar-refractivity contribution in [1.29, 1.82) is 0 Å². The molecule has 1 aromatic rings. The second kappa shape index (κ2) is 14.0. The van der Waals surface area contributed by atoms with Gasteiger partial charge in [0.25, 0.3) is 5.91 Å². The van der Waals surface area contributed by atoms with Crippen LogP contribution in [0.25, 0.3) is 0 Å². The van der Waals surface area contributed by atoms with E-state index in [0.29, 0.717) is 37.9 Å². The van der Waals surface area contributed by atoms with Crippen molar-refractivity contribution >= 4 is 45.6 Å². The number of benzene rings is 1. The Labute approximate surface area is 298 Å². The smallest absolute Gasteiger partial charge is 0.410 e. The van der Waals surface area contributed by atoms with Crippen molar-refractivity contribution in [1.82, 2.24) is 25.2 Å². The van der Waals surface area contributed by atoms with Gasteiger partial charge in [0.15, 0.2) is 0 Å². The van der Waals surface area contributed by atoms with E-state index in [2.05, 4.69) is 15.4 Å². The van der Waals surface area contributed by atoms with E-state index in [4.69, 9.17) is 15.2 Å². The molecule has 3 heterocycles. The third-order valence-electron chi connectivity index (χ3n) is 10.0. The van der Waals surface area contributed by atoms with Gasteiger partial charge in [0.05, 0.1) is 11.8 Å². The fourth-order valence-corrected chi connectivity index (χ4v) is 8.42. The summed E-state index contributed by atoms with van der Waals surface area (Å²) in [6, 6.07) is 3.19. The third-order valence-corrected chi connectivity index (χ3v) is 11.8. The van der Waals surface area contributed by atoms with E-state index in [1.54, 1.807) is 32.9 Å². The van der Waals surface area contributed by atoms with Gasteiger partial charge in [0.1, 0.15) is 29.3 Å². The summed E-state index contributed by atoms with van der Waals surface area (Å²) in [6.07, 6.45) is 5.55. The van der Waals surface area contributed by atoms with E-state index in [1.807, 2.05) is 18.2 Å². The molecular formula is C35H48N6O9S. The summed E-state index contributed by atoms with van der Waals surface area (Å²) in [5.74, 6) is -2.52. The molecule has 16 heteroatoms. The Morgan fingerprint density at radius 1 is 1.04 bits per heavy atom. The maximum Gasteiger partial charge on any atom is 0.410 e. The van der Waals surface area contributed by atoms with Crippen molar-refractivity contribution in [2.24, 2.45) is 5.92 Å². The van der Waals surface area contributed by atoms with E-state index in [9.17, 15) is 32.4 Å². The topological polar surface area (TPSA) is 207 Å². The van der Waals surface area contributed by atoms with Crippen molar-refractivity contribution < 1.29 is 41.9 Å². The first-order chi connectivity index (χ1) is 24.0. The highest BCUT2D eigenvalue weighted by molar-refractivity contribution is 7.91. The standard InChI is InChI=1S/C35H48N6O9S/c1-34(2,3)50-32(45)37-27-10-8-6-4-5-7-9-23-17-35(23,31(44)39-51(47,48)26-13-14-26)38-29(42)28-16-25(20-41(28)30(27)43)49-33(46)40-18-21-11-12-24(36)15-22(21)19-40/h7,9,11-12,15,23,25-28H,4-6,8,10,13-14,16-20,36H2,1-3H3,(H,37,45)(H,38,42)(H,39,44)/b9-7+/t23-,25-,27+,28+,35-/m1/s1. The highest BCUT2D eigenvalue weighted by Crippen LogP contribution is 2.46. The van der Waals surface area contributed by atoms with Crippen LogP contribution in [0.4, 0.5) is 15.3 Å². The Morgan fingerprint density at radius 2 is 1.78 bits per heavy atom. The lowest BCUT2D eigenvalue weighted by atomic mass is 10.0. The molecule has 0 aromatic heterocycles. The highest BCUT2D eigenvalue weighted by atomic mass is 32.2. The number of carbonyl (C=O) groups excluding carboxylic acids is 5. The number of fused-ring (bicyclic) bond motifs is 3. The molecule has 6 rings (SSSR count). The number of nitrogens with zero attached hydrogens (tertiary/aromatic N) is 2. The van der Waals surface area contributed by atoms with Crippen LogP contribution in [0.2, 0.25) is 0 Å². The van der Waals surface area contributed by atoms with Crippen LogP contribution in [0.5, 0.6) is 0 Å². The number of anilines is 1. The van der Waals surface area contributed by atoms with Gasteiger partial charge in [0, 0.05) is 31.1 Å². The maximum atomic E-state index is 14.3. The number of rotatable bonds is 5. The van der Waals surface area contributed by atoms with Gasteiger partial charge < -0.3 is 30.7 Å². The molecule has 1 saturated heterocycles. The van der Waals surface area contributed by atoms with Crippen LogP contribution in [0.3, 0.4) is 0 Å². The molecular weight excluding hydrogens is 680 g/mol. The van der Waals surface area contributed by atoms with Gasteiger partial charge in [-0.2, -0.15) is 0 Å². The van der Waals surface area contributed by atoms with Crippen molar-refractivity contribution in [3.05, 3.63) is 41.5 Å². The van der Waals surface area contributed by atoms with E-state index in [0.717, 1.165) is 24.0 Å². The van der Waals surface area contributed by atoms with Crippen molar-refractivity contribution in [2.45, 2.75) is 126 Å². The molecule has 5 aliphatic rings. The number of ether oxygens (including phenoxy) is 2. The minimum absolute atomic E-state index is 0.0746. The Bertz CT molecular complexity index is 1720. The average molecular weight is 729 g/mol. The van der Waals surface area contributed by atoms with Crippen molar-refractivity contribution in [3.63, 3.8) is 0 Å². The summed E-state index contributed by atoms with van der Waals surface area (Å²) in [7, 11) is -3.90. The summed E-state index contributed by atoms with van der Waals surface area (Å²) in [5.41, 5.74) is 5.99. The number of alkyl carbamates (subject to hydrolysis) is 1. The summed E-state index contributed by atoms with van der Waals surface area (Å²) in [4.78, 5) is 71.1. The zero-order chi connectivity index (χ0) is 36.7. The second-order valence-electron chi connectivity index (χ2n) is 15.3. The molecule has 51 heavy (non-hydrogen) atoms. The lowest BCUT2D eigenvalue weighted by molar-refractivity contribution is -0.141. The van der Waals surface area contributed by atoms with Gasteiger partial charge in [-0.05, 0) is 82.6 Å². The Hall–Kier alpha value is -4.34. The van der Waals surface area contributed by atoms with Crippen LogP contribution in [0.1, 0.15) is 89.7 Å². The van der Waals surface area contributed by atoms with Gasteiger partial charge in [0.2, 0.25) is 21.8 Å². The zero-order valence-electron chi connectivity index (χ0n) is 29.3. The molecule has 0 spiro atoms. The van der Waals surface area contributed by atoms with Crippen LogP contribution in [-0.2, 0) is 47.0 Å². The first-order valence-electron chi connectivity index (χ1n) is 17.7. The number of nitrogens with one attached hydrogen (secondary N) is 3. The highest BCUT2D eigenvalue weighted by Gasteiger charge is 2.62. The van der Waals surface area contributed by atoms with Crippen LogP contribution in [0.15, 0.2) is 30.4 Å². The largest absolute Gasteiger partial charge is 0.444 e. The lowest BCUT2D eigenvalue weighted by Crippen LogP contribution is -2.58. The molecule has 1 aromatic carbocycles. The Kier molecular flexibility index (Phi) is 10.0. The molecule has 15 nitrogen and oxygen atoms in total. The molecule has 0 radical (unpaired) electrons. The fourth-order valence-electron chi connectivity index (χ4n) is 7.06. The van der Waals surface area contributed by atoms with Crippen LogP contribution >= 0.6 is 0 Å². The minimum Gasteiger partial charge on any atom is -0.444 e. The molecule has 3 aliphatic heterocycles. The molecule has 3 fully saturated rings. The van der Waals surface area contributed by atoms with Gasteiger partial charge in [-0.15, -0.1) is 0 Å². The summed E-state index contributed by atoms with van der Waals surface area (Å²) in [6.45, 7) is 5.58. The second-order valence-corrected chi connectivity index (χ2v) is 17.3. The summed E-state index contributed by atoms with van der Waals surface area (Å²) in [5, 5.41) is 4.86. The molecule has 5 N–H and O–H groups in total. The molecule has 0 bridgehead atoms. The fraction of sp³-hybridized carbons (Fsp3) is 0.629. The van der Waals surface area contributed by atoms with Gasteiger partial charge >= 0.3 is 12.2 Å². The first-order valence-corrected chi connectivity index (χ1v) is 19.3. The van der Waals surface area contributed by atoms with Gasteiger partial charge in [-0.25, -0.2) is 18.0 Å². The molecule has 5 amide bonds. The molecule has 2 saturated carbocycles. The van der Waals surface area contributed by atoms with Gasteiger partial charge in [-0.1, -0.05) is 31.1 Å². The molecule has 278 valence electrons. The minimum atomic E-state index is -3.90. The SMILES string of the molecule is CC(C)(C)OC(=O)N[C@H]1CCCCC/C=C/[C@@H]2C[C@@]2(C(=O)NS(=O)(=O)C2CC2)NC(=O)[C@@H]2C[C@@H](OC(=O)N3Cc4ccc(N)cc4C3)CN2C1=O. The lowest BCUT2D eigenvalue weighted by Gasteiger charge is -2.30. The van der Waals surface area contributed by atoms with Gasteiger partial charge in [-0.3, -0.25) is 24.0 Å². The number of sulfonamides is 1. The number of hydrogen-bond donors (Lipinski definition) is 4. The molecule has 0 unspecified atom stereocenters. The number of amides is 5. The zero-order valence-corrected chi connectivity index (χ0v) is 30.1. The van der Waals surface area contributed by atoms with Crippen molar-refractivity contribution in [2.75, 3.05) is 12.3 Å². The van der Waals surface area contributed by atoms with E-state index < -0.39 is 80.4 Å². The van der Waals surface area contributed by atoms with E-state index in [-0.39, 0.29) is 32.4 Å². The molecule has 5 atom stereocenters. The number of allylic oxidation sites excluding steroid dienone is 1. The van der Waals surface area contributed by atoms with Crippen LogP contribution in [-0.4, -0.2) is 89.2 Å². The predicted molar refractivity (Wildman–Crippen MR) is 185 cm³/mol. The normalized spacial score (nSPS) is 28.9. The average Bonchev–Trinajstić information content (AvgIpc) is 3.93. The maximum absolute atomic E-state index is 14.3. The van der Waals surface area contributed by atoms with E-state index in [1.165, 1.54) is 9.80 Å². The number of nitrogen functional groups attached to an aromatic ring is 1. The summed E-state index contributed by atoms with van der Waals surface area (Å²) >= 11 is 0.